The SMILES string of the molecule is C=Cc1ccc([P+](=O)c2c(C)cc(C)cc2C)cc1. The van der Waals surface area contributed by atoms with Crippen LogP contribution in [0.3, 0.4) is 0 Å². The minimum Gasteiger partial charge on any atom is -0.0985 e. The molecule has 0 amide bonds. The summed E-state index contributed by atoms with van der Waals surface area (Å²) in [7, 11) is -1.53. The molecule has 1 nitrogen and oxygen atoms in total. The summed E-state index contributed by atoms with van der Waals surface area (Å²) < 4.78 is 12.7. The number of hydrogen-bond donors (Lipinski definition) is 0. The van der Waals surface area contributed by atoms with Crippen LogP contribution in [0.25, 0.3) is 6.08 Å². The standard InChI is InChI=1S/C17H18OP/c1-5-15-6-8-16(9-7-15)19(18)17-13(3)10-12(2)11-14(17)4/h5-11H,1H2,2-4H3/q+1. The summed E-state index contributed by atoms with van der Waals surface area (Å²) in [5.41, 5.74) is 4.46. The summed E-state index contributed by atoms with van der Waals surface area (Å²) in [6, 6.07) is 11.9. The van der Waals surface area contributed by atoms with E-state index in [1.54, 1.807) is 6.08 Å². The molecule has 0 aliphatic heterocycles. The first kappa shape index (κ1) is 13.7. The largest absolute Gasteiger partial charge is 0.415 e. The van der Waals surface area contributed by atoms with E-state index in [2.05, 4.69) is 25.6 Å². The molecule has 0 bridgehead atoms. The topological polar surface area (TPSA) is 17.1 Å². The summed E-state index contributed by atoms with van der Waals surface area (Å²) in [6.45, 7) is 9.85. The normalized spacial score (nSPS) is 11.2. The van der Waals surface area contributed by atoms with Crippen LogP contribution in [0.2, 0.25) is 0 Å². The van der Waals surface area contributed by atoms with Gasteiger partial charge >= 0.3 is 7.80 Å². The number of hydrogen-bond acceptors (Lipinski definition) is 1. The molecule has 2 aromatic rings. The van der Waals surface area contributed by atoms with Gasteiger partial charge in [0.2, 0.25) is 5.30 Å². The maximum atomic E-state index is 12.7. The molecule has 0 N–H and O–H groups in total. The lowest BCUT2D eigenvalue weighted by Crippen LogP contribution is -2.13. The molecular formula is C17H18OP+. The van der Waals surface area contributed by atoms with E-state index in [0.717, 1.165) is 27.3 Å². The zero-order chi connectivity index (χ0) is 14.0. The Morgan fingerprint density at radius 3 is 2.00 bits per heavy atom. The van der Waals surface area contributed by atoms with Gasteiger partial charge in [-0.3, -0.25) is 0 Å². The fraction of sp³-hybridized carbons (Fsp3) is 0.176. The molecule has 96 valence electrons. The van der Waals surface area contributed by atoms with E-state index >= 15 is 0 Å². The highest BCUT2D eigenvalue weighted by Crippen LogP contribution is 2.25. The zero-order valence-corrected chi connectivity index (χ0v) is 12.5. The molecule has 2 heteroatoms. The minimum absolute atomic E-state index is 0.871. The molecule has 0 aromatic heterocycles. The van der Waals surface area contributed by atoms with Crippen LogP contribution in [0.1, 0.15) is 22.3 Å². The van der Waals surface area contributed by atoms with Crippen molar-refractivity contribution in [2.24, 2.45) is 0 Å². The highest BCUT2D eigenvalue weighted by atomic mass is 31.1. The third-order valence-corrected chi connectivity index (χ3v) is 5.08. The van der Waals surface area contributed by atoms with Gasteiger partial charge in [-0.15, -0.1) is 0 Å². The Balaban J connectivity index is 2.46. The van der Waals surface area contributed by atoms with Crippen LogP contribution in [-0.4, -0.2) is 0 Å². The summed E-state index contributed by atoms with van der Waals surface area (Å²) in [4.78, 5) is 0. The Kier molecular flexibility index (Phi) is 3.97. The van der Waals surface area contributed by atoms with E-state index in [1.165, 1.54) is 5.56 Å². The molecule has 19 heavy (non-hydrogen) atoms. The van der Waals surface area contributed by atoms with E-state index in [0.29, 0.717) is 0 Å². The lowest BCUT2D eigenvalue weighted by Gasteiger charge is -2.02. The van der Waals surface area contributed by atoms with E-state index < -0.39 is 7.80 Å². The quantitative estimate of drug-likeness (QED) is 0.769. The van der Waals surface area contributed by atoms with Gasteiger partial charge in [0, 0.05) is 11.1 Å². The molecule has 0 heterocycles. The van der Waals surface area contributed by atoms with Crippen molar-refractivity contribution in [3.8, 4) is 0 Å². The molecule has 0 aliphatic carbocycles. The van der Waals surface area contributed by atoms with Crippen LogP contribution >= 0.6 is 7.80 Å². The monoisotopic (exact) mass is 269 g/mol. The second kappa shape index (κ2) is 5.50. The zero-order valence-electron chi connectivity index (χ0n) is 11.6. The van der Waals surface area contributed by atoms with Gasteiger partial charge in [-0.05, 0) is 38.5 Å². The molecule has 0 spiro atoms. The van der Waals surface area contributed by atoms with Crippen molar-refractivity contribution in [3.63, 3.8) is 0 Å². The lowest BCUT2D eigenvalue weighted by molar-refractivity contribution is 0.598. The van der Waals surface area contributed by atoms with Crippen LogP contribution in [0.5, 0.6) is 0 Å². The molecule has 1 atom stereocenters. The molecule has 0 saturated heterocycles. The Morgan fingerprint density at radius 1 is 1.00 bits per heavy atom. The summed E-state index contributed by atoms with van der Waals surface area (Å²) in [5, 5.41) is 1.84. The molecule has 2 aromatic carbocycles. The fourth-order valence-electron chi connectivity index (χ4n) is 2.37. The maximum Gasteiger partial charge on any atom is 0.415 e. The molecule has 0 saturated carbocycles. The second-order valence-corrected chi connectivity index (χ2v) is 6.39. The van der Waals surface area contributed by atoms with Gasteiger partial charge in [0.25, 0.3) is 0 Å². The first-order valence-corrected chi connectivity index (χ1v) is 7.56. The Labute approximate surface area is 115 Å². The highest BCUT2D eigenvalue weighted by molar-refractivity contribution is 7.61. The van der Waals surface area contributed by atoms with Crippen LogP contribution in [0.15, 0.2) is 43.0 Å². The molecule has 2 rings (SSSR count). The molecule has 0 fully saturated rings. The molecule has 0 radical (unpaired) electrons. The summed E-state index contributed by atoms with van der Waals surface area (Å²) >= 11 is 0. The molecular weight excluding hydrogens is 251 g/mol. The maximum absolute atomic E-state index is 12.7. The van der Waals surface area contributed by atoms with Crippen molar-refractivity contribution in [2.75, 3.05) is 0 Å². The average molecular weight is 269 g/mol. The summed E-state index contributed by atoms with van der Waals surface area (Å²) in [6.07, 6.45) is 1.79. The van der Waals surface area contributed by atoms with E-state index in [9.17, 15) is 4.57 Å². The van der Waals surface area contributed by atoms with Crippen LogP contribution in [0, 0.1) is 20.8 Å². The minimum atomic E-state index is -1.53. The molecule has 1 unspecified atom stereocenters. The van der Waals surface area contributed by atoms with Gasteiger partial charge in [-0.2, -0.15) is 0 Å². The van der Waals surface area contributed by atoms with Gasteiger partial charge in [0.15, 0.2) is 5.30 Å². The van der Waals surface area contributed by atoms with Gasteiger partial charge in [-0.1, -0.05) is 47.0 Å². The second-order valence-electron chi connectivity index (χ2n) is 4.84. The number of aryl methyl sites for hydroxylation is 3. The van der Waals surface area contributed by atoms with E-state index in [-0.39, 0.29) is 0 Å². The first-order valence-electron chi connectivity index (χ1n) is 6.30. The van der Waals surface area contributed by atoms with Crippen molar-refractivity contribution >= 4 is 24.5 Å². The van der Waals surface area contributed by atoms with Gasteiger partial charge < -0.3 is 0 Å². The Morgan fingerprint density at radius 2 is 1.53 bits per heavy atom. The van der Waals surface area contributed by atoms with Gasteiger partial charge in [-0.25, -0.2) is 0 Å². The predicted molar refractivity (Wildman–Crippen MR) is 84.1 cm³/mol. The van der Waals surface area contributed by atoms with Crippen LogP contribution in [-0.2, 0) is 4.57 Å². The van der Waals surface area contributed by atoms with Gasteiger partial charge in [0.1, 0.15) is 0 Å². The predicted octanol–water partition coefficient (Wildman–Crippen LogP) is 4.03. The number of rotatable bonds is 3. The molecule has 0 aliphatic rings. The lowest BCUT2D eigenvalue weighted by atomic mass is 10.1. The fourth-order valence-corrected chi connectivity index (χ4v) is 3.82. The highest BCUT2D eigenvalue weighted by Gasteiger charge is 2.27. The Hall–Kier alpha value is -1.72. The van der Waals surface area contributed by atoms with Crippen LogP contribution < -0.4 is 10.6 Å². The van der Waals surface area contributed by atoms with E-state index in [4.69, 9.17) is 0 Å². The van der Waals surface area contributed by atoms with Crippen molar-refractivity contribution in [1.29, 1.82) is 0 Å². The van der Waals surface area contributed by atoms with E-state index in [1.807, 2.05) is 38.1 Å². The first-order chi connectivity index (χ1) is 9.02. The third kappa shape index (κ3) is 2.83. The van der Waals surface area contributed by atoms with Crippen molar-refractivity contribution in [3.05, 3.63) is 65.2 Å². The average Bonchev–Trinajstić information content (AvgIpc) is 2.37. The van der Waals surface area contributed by atoms with Crippen LogP contribution in [0.4, 0.5) is 0 Å². The smallest absolute Gasteiger partial charge is 0.0985 e. The number of benzene rings is 2. The summed E-state index contributed by atoms with van der Waals surface area (Å²) in [5.74, 6) is 0. The van der Waals surface area contributed by atoms with Crippen molar-refractivity contribution < 1.29 is 4.57 Å². The Bertz CT molecular complexity index is 616. The van der Waals surface area contributed by atoms with Gasteiger partial charge in [0.05, 0.1) is 0 Å². The third-order valence-electron chi connectivity index (χ3n) is 3.20. The van der Waals surface area contributed by atoms with Crippen molar-refractivity contribution in [1.82, 2.24) is 0 Å². The van der Waals surface area contributed by atoms with Crippen molar-refractivity contribution in [2.45, 2.75) is 20.8 Å².